The van der Waals surface area contributed by atoms with Crippen molar-refractivity contribution in [1.29, 1.82) is 0 Å². The molecule has 3 aromatic rings. The van der Waals surface area contributed by atoms with Crippen LogP contribution in [0.15, 0.2) is 57.9 Å². The molecule has 0 bridgehead atoms. The molecule has 1 amide bonds. The Kier molecular flexibility index (Phi) is 4.00. The molecule has 0 radical (unpaired) electrons. The van der Waals surface area contributed by atoms with E-state index in [0.717, 1.165) is 4.47 Å². The molecule has 2 aromatic carbocycles. The van der Waals surface area contributed by atoms with Gasteiger partial charge in [-0.05, 0) is 36.4 Å². The van der Waals surface area contributed by atoms with Crippen molar-refractivity contribution in [3.8, 4) is 0 Å². The van der Waals surface area contributed by atoms with Crippen molar-refractivity contribution in [3.63, 3.8) is 0 Å². The molecule has 110 valence electrons. The summed E-state index contributed by atoms with van der Waals surface area (Å²) in [5.74, 6) is -0.467. The van der Waals surface area contributed by atoms with Gasteiger partial charge in [0, 0.05) is 21.7 Å². The summed E-state index contributed by atoms with van der Waals surface area (Å²) in [5.41, 5.74) is 0.816. The molecular formula is C16H10BrClN2O2. The first kappa shape index (κ1) is 14.8. The Hall–Kier alpha value is -2.11. The first-order chi connectivity index (χ1) is 10.6. The number of carbonyl (C=O) groups excluding carboxylic acids is 1. The van der Waals surface area contributed by atoms with Crippen molar-refractivity contribution >= 4 is 50.0 Å². The normalized spacial score (nSPS) is 10.6. The molecule has 0 aliphatic rings. The topological polar surface area (TPSA) is 62.0 Å². The molecule has 1 heterocycles. The molecule has 0 aliphatic carbocycles. The van der Waals surface area contributed by atoms with Gasteiger partial charge in [0.25, 0.3) is 5.91 Å². The average Bonchev–Trinajstić information content (AvgIpc) is 2.51. The predicted molar refractivity (Wildman–Crippen MR) is 91.7 cm³/mol. The summed E-state index contributed by atoms with van der Waals surface area (Å²) in [5, 5.41) is 3.52. The first-order valence-electron chi connectivity index (χ1n) is 6.43. The number of pyridine rings is 1. The van der Waals surface area contributed by atoms with Gasteiger partial charge in [0.2, 0.25) is 5.43 Å². The van der Waals surface area contributed by atoms with Gasteiger partial charge >= 0.3 is 0 Å². The van der Waals surface area contributed by atoms with Crippen LogP contribution >= 0.6 is 27.5 Å². The molecule has 0 fully saturated rings. The van der Waals surface area contributed by atoms with Crippen LogP contribution in [0.25, 0.3) is 10.9 Å². The molecule has 0 saturated heterocycles. The van der Waals surface area contributed by atoms with Gasteiger partial charge in [-0.3, -0.25) is 9.59 Å². The highest BCUT2D eigenvalue weighted by Gasteiger charge is 2.14. The molecule has 22 heavy (non-hydrogen) atoms. The zero-order valence-corrected chi connectivity index (χ0v) is 13.5. The average molecular weight is 378 g/mol. The highest BCUT2D eigenvalue weighted by atomic mass is 79.9. The number of benzene rings is 2. The third-order valence-electron chi connectivity index (χ3n) is 3.21. The largest absolute Gasteiger partial charge is 0.359 e. The molecule has 6 heteroatoms. The molecule has 0 unspecified atom stereocenters. The van der Waals surface area contributed by atoms with E-state index in [4.69, 9.17) is 11.6 Å². The number of hydrogen-bond donors (Lipinski definition) is 2. The maximum atomic E-state index is 12.4. The summed E-state index contributed by atoms with van der Waals surface area (Å²) >= 11 is 9.35. The molecule has 0 spiro atoms. The maximum Gasteiger partial charge on any atom is 0.261 e. The minimum Gasteiger partial charge on any atom is -0.359 e. The van der Waals surface area contributed by atoms with E-state index < -0.39 is 5.91 Å². The number of aromatic amines is 1. The van der Waals surface area contributed by atoms with Crippen LogP contribution in [0.2, 0.25) is 5.02 Å². The van der Waals surface area contributed by atoms with Crippen molar-refractivity contribution in [3.05, 3.63) is 73.9 Å². The Morgan fingerprint density at radius 1 is 1.14 bits per heavy atom. The lowest BCUT2D eigenvalue weighted by Crippen LogP contribution is -2.21. The van der Waals surface area contributed by atoms with E-state index in [1.54, 1.807) is 42.5 Å². The first-order valence-corrected chi connectivity index (χ1v) is 7.60. The Morgan fingerprint density at radius 3 is 2.59 bits per heavy atom. The second-order valence-corrected chi connectivity index (χ2v) is 5.98. The minimum atomic E-state index is -0.467. The van der Waals surface area contributed by atoms with E-state index in [1.165, 1.54) is 6.20 Å². The summed E-state index contributed by atoms with van der Waals surface area (Å²) in [4.78, 5) is 27.6. The number of halogens is 2. The standard InChI is InChI=1S/C16H10BrClN2O2/c17-9-4-6-10(7-5-9)20-16(22)12-8-19-14-11(15(12)21)2-1-3-13(14)18/h1-8H,(H,19,21)(H,20,22). The van der Waals surface area contributed by atoms with Crippen LogP contribution in [-0.4, -0.2) is 10.9 Å². The number of rotatable bonds is 2. The molecule has 0 aliphatic heterocycles. The van der Waals surface area contributed by atoms with E-state index in [1.807, 2.05) is 0 Å². The van der Waals surface area contributed by atoms with Crippen LogP contribution in [0.4, 0.5) is 5.69 Å². The molecular weight excluding hydrogens is 368 g/mol. The third kappa shape index (κ3) is 2.77. The van der Waals surface area contributed by atoms with Gasteiger partial charge in [-0.25, -0.2) is 0 Å². The zero-order valence-electron chi connectivity index (χ0n) is 11.2. The monoisotopic (exact) mass is 376 g/mol. The van der Waals surface area contributed by atoms with E-state index in [9.17, 15) is 9.59 Å². The fourth-order valence-corrected chi connectivity index (χ4v) is 2.61. The van der Waals surface area contributed by atoms with Gasteiger partial charge in [-0.2, -0.15) is 0 Å². The van der Waals surface area contributed by atoms with Crippen molar-refractivity contribution in [2.45, 2.75) is 0 Å². The highest BCUT2D eigenvalue weighted by molar-refractivity contribution is 9.10. The Balaban J connectivity index is 1.99. The van der Waals surface area contributed by atoms with Crippen LogP contribution in [-0.2, 0) is 0 Å². The Morgan fingerprint density at radius 2 is 1.86 bits per heavy atom. The van der Waals surface area contributed by atoms with Crippen LogP contribution in [0.3, 0.4) is 0 Å². The van der Waals surface area contributed by atoms with Crippen LogP contribution in [0.5, 0.6) is 0 Å². The number of aromatic nitrogens is 1. The van der Waals surface area contributed by atoms with E-state index >= 15 is 0 Å². The highest BCUT2D eigenvalue weighted by Crippen LogP contribution is 2.19. The minimum absolute atomic E-state index is 0.0395. The molecule has 0 atom stereocenters. The molecule has 0 saturated carbocycles. The fraction of sp³-hybridized carbons (Fsp3) is 0. The second kappa shape index (κ2) is 5.94. The Bertz CT molecular complexity index is 920. The van der Waals surface area contributed by atoms with Gasteiger partial charge in [-0.15, -0.1) is 0 Å². The number of carbonyl (C=O) groups is 1. The SMILES string of the molecule is O=C(Nc1ccc(Br)cc1)c1c[nH]c2c(Cl)cccc2c1=O. The molecule has 2 N–H and O–H groups in total. The van der Waals surface area contributed by atoms with Crippen molar-refractivity contribution in [1.82, 2.24) is 4.98 Å². The number of hydrogen-bond acceptors (Lipinski definition) is 2. The van der Waals surface area contributed by atoms with Gasteiger partial charge in [0.15, 0.2) is 0 Å². The van der Waals surface area contributed by atoms with Crippen molar-refractivity contribution in [2.75, 3.05) is 5.32 Å². The Labute approximate surface area is 139 Å². The second-order valence-electron chi connectivity index (χ2n) is 4.65. The summed E-state index contributed by atoms with van der Waals surface area (Å²) in [6.45, 7) is 0. The van der Waals surface area contributed by atoms with Crippen molar-refractivity contribution < 1.29 is 4.79 Å². The smallest absolute Gasteiger partial charge is 0.261 e. The summed E-state index contributed by atoms with van der Waals surface area (Å²) in [6.07, 6.45) is 1.38. The van der Waals surface area contributed by atoms with E-state index in [-0.39, 0.29) is 11.0 Å². The number of fused-ring (bicyclic) bond motifs is 1. The number of nitrogens with one attached hydrogen (secondary N) is 2. The third-order valence-corrected chi connectivity index (χ3v) is 4.05. The number of para-hydroxylation sites is 1. The van der Waals surface area contributed by atoms with Crippen LogP contribution < -0.4 is 10.7 Å². The lowest BCUT2D eigenvalue weighted by molar-refractivity contribution is 0.102. The molecule has 4 nitrogen and oxygen atoms in total. The number of H-pyrrole nitrogens is 1. The van der Waals surface area contributed by atoms with Gasteiger partial charge in [0.1, 0.15) is 5.56 Å². The predicted octanol–water partition coefficient (Wildman–Crippen LogP) is 4.20. The number of amides is 1. The van der Waals surface area contributed by atoms with E-state index in [2.05, 4.69) is 26.2 Å². The maximum absolute atomic E-state index is 12.4. The summed E-state index contributed by atoms with van der Waals surface area (Å²) < 4.78 is 0.906. The van der Waals surface area contributed by atoms with Gasteiger partial charge < -0.3 is 10.3 Å². The summed E-state index contributed by atoms with van der Waals surface area (Å²) in [6, 6.07) is 12.1. The van der Waals surface area contributed by atoms with Gasteiger partial charge in [0.05, 0.1) is 10.5 Å². The van der Waals surface area contributed by atoms with Crippen LogP contribution in [0, 0.1) is 0 Å². The number of anilines is 1. The molecule has 1 aromatic heterocycles. The van der Waals surface area contributed by atoms with Crippen LogP contribution in [0.1, 0.15) is 10.4 Å². The van der Waals surface area contributed by atoms with Crippen molar-refractivity contribution in [2.24, 2.45) is 0 Å². The lowest BCUT2D eigenvalue weighted by atomic mass is 10.1. The lowest BCUT2D eigenvalue weighted by Gasteiger charge is -2.06. The van der Waals surface area contributed by atoms with E-state index in [0.29, 0.717) is 21.6 Å². The van der Waals surface area contributed by atoms with Gasteiger partial charge in [-0.1, -0.05) is 33.6 Å². The fourth-order valence-electron chi connectivity index (χ4n) is 2.12. The quantitative estimate of drug-likeness (QED) is 0.703. The molecule has 3 rings (SSSR count). The zero-order chi connectivity index (χ0) is 15.7. The summed E-state index contributed by atoms with van der Waals surface area (Å²) in [7, 11) is 0.